The first-order valence-corrected chi connectivity index (χ1v) is 8.92. The molecule has 0 bridgehead atoms. The molecule has 1 N–H and O–H groups in total. The van der Waals surface area contributed by atoms with Crippen molar-refractivity contribution in [1.82, 2.24) is 5.32 Å². The van der Waals surface area contributed by atoms with Crippen molar-refractivity contribution in [3.05, 3.63) is 22.4 Å². The van der Waals surface area contributed by atoms with E-state index in [9.17, 15) is 0 Å². The number of aryl methyl sites for hydroxylation is 1. The molecule has 1 aromatic rings. The first-order valence-electron chi connectivity index (χ1n) is 8.04. The maximum absolute atomic E-state index is 6.05. The van der Waals surface area contributed by atoms with Gasteiger partial charge in [-0.3, -0.25) is 0 Å². The third-order valence-corrected chi connectivity index (χ3v) is 5.66. The van der Waals surface area contributed by atoms with Crippen LogP contribution in [-0.2, 0) is 11.2 Å². The van der Waals surface area contributed by atoms with Gasteiger partial charge in [-0.15, -0.1) is 11.3 Å². The largest absolute Gasteiger partial charge is 0.375 e. The van der Waals surface area contributed by atoms with E-state index in [1.807, 2.05) is 11.3 Å². The number of hydrogen-bond acceptors (Lipinski definition) is 3. The SMILES string of the molecule is CCCNC(CCc1cccs1)C1C(C)OC(C)C1C. The monoisotopic (exact) mass is 295 g/mol. The number of hydrogen-bond donors (Lipinski definition) is 1. The Kier molecular flexibility index (Phi) is 6.06. The molecule has 2 heterocycles. The third-order valence-electron chi connectivity index (χ3n) is 4.72. The van der Waals surface area contributed by atoms with Crippen LogP contribution in [0.2, 0.25) is 0 Å². The molecule has 1 aliphatic rings. The molecule has 20 heavy (non-hydrogen) atoms. The maximum atomic E-state index is 6.05. The van der Waals surface area contributed by atoms with Gasteiger partial charge in [-0.1, -0.05) is 19.9 Å². The van der Waals surface area contributed by atoms with Crippen molar-refractivity contribution in [3.8, 4) is 0 Å². The molecule has 1 aliphatic heterocycles. The third kappa shape index (κ3) is 3.84. The van der Waals surface area contributed by atoms with E-state index < -0.39 is 0 Å². The molecule has 0 saturated carbocycles. The summed E-state index contributed by atoms with van der Waals surface area (Å²) in [5, 5.41) is 5.96. The van der Waals surface area contributed by atoms with Gasteiger partial charge < -0.3 is 10.1 Å². The second-order valence-electron chi connectivity index (χ2n) is 6.16. The minimum absolute atomic E-state index is 0.373. The predicted molar refractivity (Wildman–Crippen MR) is 87.4 cm³/mol. The molecule has 0 amide bonds. The van der Waals surface area contributed by atoms with Crippen molar-refractivity contribution in [2.75, 3.05) is 6.54 Å². The average Bonchev–Trinajstić information content (AvgIpc) is 3.01. The number of nitrogens with one attached hydrogen (secondary N) is 1. The van der Waals surface area contributed by atoms with Gasteiger partial charge in [0.1, 0.15) is 0 Å². The minimum atomic E-state index is 0.373. The highest BCUT2D eigenvalue weighted by Crippen LogP contribution is 2.36. The normalized spacial score (nSPS) is 31.6. The molecule has 2 nitrogen and oxygen atoms in total. The summed E-state index contributed by atoms with van der Waals surface area (Å²) in [6, 6.07) is 4.98. The Balaban J connectivity index is 1.98. The molecule has 1 fully saturated rings. The molecular weight excluding hydrogens is 266 g/mol. The fraction of sp³-hybridized carbons (Fsp3) is 0.765. The second kappa shape index (κ2) is 7.58. The van der Waals surface area contributed by atoms with Crippen LogP contribution in [0.1, 0.15) is 45.4 Å². The van der Waals surface area contributed by atoms with Gasteiger partial charge in [0.2, 0.25) is 0 Å². The molecule has 114 valence electrons. The first-order chi connectivity index (χ1) is 9.63. The molecule has 0 spiro atoms. The van der Waals surface area contributed by atoms with Crippen molar-refractivity contribution in [3.63, 3.8) is 0 Å². The Morgan fingerprint density at radius 2 is 2.10 bits per heavy atom. The lowest BCUT2D eigenvalue weighted by molar-refractivity contribution is 0.0472. The maximum Gasteiger partial charge on any atom is 0.0597 e. The zero-order valence-corrected chi connectivity index (χ0v) is 14.1. The fourth-order valence-corrected chi connectivity index (χ4v) is 4.22. The molecule has 0 radical (unpaired) electrons. The highest BCUT2D eigenvalue weighted by molar-refractivity contribution is 7.09. The van der Waals surface area contributed by atoms with Gasteiger partial charge in [0.05, 0.1) is 12.2 Å². The van der Waals surface area contributed by atoms with Gasteiger partial charge >= 0.3 is 0 Å². The van der Waals surface area contributed by atoms with Gasteiger partial charge in [0.25, 0.3) is 0 Å². The van der Waals surface area contributed by atoms with E-state index >= 15 is 0 Å². The highest BCUT2D eigenvalue weighted by Gasteiger charge is 2.41. The van der Waals surface area contributed by atoms with Crippen LogP contribution >= 0.6 is 11.3 Å². The lowest BCUT2D eigenvalue weighted by Gasteiger charge is -2.30. The Morgan fingerprint density at radius 3 is 2.65 bits per heavy atom. The smallest absolute Gasteiger partial charge is 0.0597 e. The first kappa shape index (κ1) is 16.0. The Morgan fingerprint density at radius 1 is 1.30 bits per heavy atom. The van der Waals surface area contributed by atoms with E-state index in [2.05, 4.69) is 50.5 Å². The Hall–Kier alpha value is -0.380. The summed E-state index contributed by atoms with van der Waals surface area (Å²) in [5.41, 5.74) is 0. The van der Waals surface area contributed by atoms with Crippen molar-refractivity contribution < 1.29 is 4.74 Å². The Labute approximate surface area is 127 Å². The van der Waals surface area contributed by atoms with Crippen LogP contribution in [0.15, 0.2) is 17.5 Å². The Bertz CT molecular complexity index is 378. The van der Waals surface area contributed by atoms with E-state index in [0.717, 1.165) is 6.54 Å². The molecule has 1 aromatic heterocycles. The van der Waals surface area contributed by atoms with E-state index in [-0.39, 0.29) is 0 Å². The summed E-state index contributed by atoms with van der Waals surface area (Å²) in [4.78, 5) is 1.50. The lowest BCUT2D eigenvalue weighted by Crippen LogP contribution is -2.42. The van der Waals surface area contributed by atoms with Crippen LogP contribution in [0.5, 0.6) is 0 Å². The summed E-state index contributed by atoms with van der Waals surface area (Å²) in [7, 11) is 0. The van der Waals surface area contributed by atoms with Crippen molar-refractivity contribution in [2.45, 2.75) is 65.2 Å². The van der Waals surface area contributed by atoms with Crippen LogP contribution in [0.25, 0.3) is 0 Å². The zero-order valence-electron chi connectivity index (χ0n) is 13.3. The van der Waals surface area contributed by atoms with Gasteiger partial charge in [0, 0.05) is 16.8 Å². The summed E-state index contributed by atoms with van der Waals surface area (Å²) in [6.07, 6.45) is 4.36. The van der Waals surface area contributed by atoms with Crippen molar-refractivity contribution >= 4 is 11.3 Å². The van der Waals surface area contributed by atoms with Gasteiger partial charge in [-0.25, -0.2) is 0 Å². The highest BCUT2D eigenvalue weighted by atomic mass is 32.1. The van der Waals surface area contributed by atoms with Gasteiger partial charge in [-0.2, -0.15) is 0 Å². The molecule has 5 atom stereocenters. The number of thiophene rings is 1. The van der Waals surface area contributed by atoms with Gasteiger partial charge in [0.15, 0.2) is 0 Å². The fourth-order valence-electron chi connectivity index (χ4n) is 3.50. The molecule has 5 unspecified atom stereocenters. The molecule has 2 rings (SSSR count). The van der Waals surface area contributed by atoms with Crippen LogP contribution < -0.4 is 5.32 Å². The van der Waals surface area contributed by atoms with Crippen LogP contribution in [0.4, 0.5) is 0 Å². The van der Waals surface area contributed by atoms with Crippen LogP contribution in [0, 0.1) is 11.8 Å². The summed E-state index contributed by atoms with van der Waals surface area (Å²) in [6.45, 7) is 10.2. The predicted octanol–water partition coefficient (Wildman–Crippen LogP) is 4.11. The van der Waals surface area contributed by atoms with E-state index in [1.54, 1.807) is 0 Å². The zero-order chi connectivity index (χ0) is 14.5. The molecule has 0 aliphatic carbocycles. The molecular formula is C17H29NOS. The standard InChI is InChI=1S/C17H29NOS/c1-5-10-18-16(9-8-15-7-6-11-20-15)17-12(2)13(3)19-14(17)4/h6-7,11-14,16-18H,5,8-10H2,1-4H3. The average molecular weight is 295 g/mol. The lowest BCUT2D eigenvalue weighted by atomic mass is 9.81. The summed E-state index contributed by atoms with van der Waals surface area (Å²) in [5.74, 6) is 1.28. The van der Waals surface area contributed by atoms with Crippen LogP contribution in [0.3, 0.4) is 0 Å². The van der Waals surface area contributed by atoms with Crippen molar-refractivity contribution in [2.24, 2.45) is 11.8 Å². The van der Waals surface area contributed by atoms with E-state index in [0.29, 0.717) is 30.1 Å². The second-order valence-corrected chi connectivity index (χ2v) is 7.19. The van der Waals surface area contributed by atoms with Gasteiger partial charge in [-0.05, 0) is 57.0 Å². The number of rotatable bonds is 7. The molecule has 1 saturated heterocycles. The minimum Gasteiger partial charge on any atom is -0.375 e. The summed E-state index contributed by atoms with van der Waals surface area (Å²) >= 11 is 1.87. The molecule has 0 aromatic carbocycles. The number of ether oxygens (including phenoxy) is 1. The topological polar surface area (TPSA) is 21.3 Å². The van der Waals surface area contributed by atoms with E-state index in [1.165, 1.54) is 24.1 Å². The summed E-state index contributed by atoms with van der Waals surface area (Å²) < 4.78 is 6.05. The molecule has 3 heteroatoms. The quantitative estimate of drug-likeness (QED) is 0.817. The van der Waals surface area contributed by atoms with Crippen LogP contribution in [-0.4, -0.2) is 24.8 Å². The van der Waals surface area contributed by atoms with E-state index in [4.69, 9.17) is 4.74 Å². The van der Waals surface area contributed by atoms with Crippen molar-refractivity contribution in [1.29, 1.82) is 0 Å².